The lowest BCUT2D eigenvalue weighted by molar-refractivity contribution is 0.0696. The Morgan fingerprint density at radius 3 is 2.81 bits per heavy atom. The first-order valence-electron chi connectivity index (χ1n) is 5.92. The van der Waals surface area contributed by atoms with Gasteiger partial charge in [-0.15, -0.1) is 0 Å². The monoisotopic (exact) mass is 283 g/mol. The zero-order valence-corrected chi connectivity index (χ0v) is 10.6. The van der Waals surface area contributed by atoms with E-state index >= 15 is 0 Å². The normalized spacial score (nSPS) is 10.5. The van der Waals surface area contributed by atoms with Crippen molar-refractivity contribution in [2.75, 3.05) is 5.32 Å². The van der Waals surface area contributed by atoms with E-state index in [1.54, 1.807) is 12.4 Å². The minimum atomic E-state index is -1.11. The molecule has 0 aromatic carbocycles. The number of pyridine rings is 1. The summed E-state index contributed by atoms with van der Waals surface area (Å²) in [6.45, 7) is 0. The number of hydrogen-bond donors (Lipinski definition) is 2. The van der Waals surface area contributed by atoms with Gasteiger partial charge in [-0.3, -0.25) is 14.8 Å². The minimum Gasteiger partial charge on any atom is -0.478 e. The van der Waals surface area contributed by atoms with Crippen LogP contribution in [0.4, 0.5) is 5.69 Å². The predicted molar refractivity (Wildman–Crippen MR) is 72.1 cm³/mol. The average Bonchev–Trinajstić information content (AvgIpc) is 2.91. The number of nitrogens with one attached hydrogen (secondary N) is 1. The van der Waals surface area contributed by atoms with Gasteiger partial charge in [-0.2, -0.15) is 5.10 Å². The van der Waals surface area contributed by atoms with E-state index in [4.69, 9.17) is 5.11 Å². The number of nitrogens with zero attached hydrogens (tertiary/aromatic N) is 4. The van der Waals surface area contributed by atoms with Crippen LogP contribution in [-0.2, 0) is 0 Å². The smallest absolute Gasteiger partial charge is 0.337 e. The van der Waals surface area contributed by atoms with Crippen LogP contribution in [0.1, 0.15) is 20.7 Å². The zero-order chi connectivity index (χ0) is 14.8. The summed E-state index contributed by atoms with van der Waals surface area (Å²) >= 11 is 0. The zero-order valence-electron chi connectivity index (χ0n) is 10.6. The Kier molecular flexibility index (Phi) is 3.03. The molecule has 104 valence electrons. The highest BCUT2D eigenvalue weighted by atomic mass is 16.4. The highest BCUT2D eigenvalue weighted by Crippen LogP contribution is 2.13. The maximum absolute atomic E-state index is 12.2. The Morgan fingerprint density at radius 2 is 2.00 bits per heavy atom. The molecule has 0 atom stereocenters. The van der Waals surface area contributed by atoms with E-state index in [1.807, 2.05) is 0 Å². The van der Waals surface area contributed by atoms with Gasteiger partial charge in [-0.25, -0.2) is 9.31 Å². The van der Waals surface area contributed by atoms with Crippen molar-refractivity contribution in [1.29, 1.82) is 0 Å². The van der Waals surface area contributed by atoms with Gasteiger partial charge in [0, 0.05) is 18.6 Å². The van der Waals surface area contributed by atoms with Crippen molar-refractivity contribution in [2.45, 2.75) is 0 Å². The standard InChI is InChI=1S/C13H9N5O3/c19-12(10-6-16-18-2-1-14-7-11(10)18)17-9-3-8(13(20)21)4-15-5-9/h1-7H,(H,17,19)(H,20,21). The number of carbonyl (C=O) groups excluding carboxylic acids is 1. The summed E-state index contributed by atoms with van der Waals surface area (Å²) in [7, 11) is 0. The molecule has 0 aliphatic carbocycles. The van der Waals surface area contributed by atoms with Crippen LogP contribution in [0.3, 0.4) is 0 Å². The Hall–Kier alpha value is -3.29. The molecule has 3 heterocycles. The molecule has 0 aliphatic heterocycles. The second-order valence-corrected chi connectivity index (χ2v) is 4.19. The largest absolute Gasteiger partial charge is 0.478 e. The van der Waals surface area contributed by atoms with E-state index in [2.05, 4.69) is 20.4 Å². The molecule has 1 amide bonds. The van der Waals surface area contributed by atoms with Crippen LogP contribution in [0, 0.1) is 0 Å². The molecular formula is C13H9N5O3. The summed E-state index contributed by atoms with van der Waals surface area (Å²) in [6, 6.07) is 1.33. The van der Waals surface area contributed by atoms with Gasteiger partial charge < -0.3 is 10.4 Å². The van der Waals surface area contributed by atoms with Gasteiger partial charge in [0.2, 0.25) is 0 Å². The van der Waals surface area contributed by atoms with Gasteiger partial charge in [-0.1, -0.05) is 0 Å². The first-order valence-corrected chi connectivity index (χ1v) is 5.92. The average molecular weight is 283 g/mol. The van der Waals surface area contributed by atoms with Crippen LogP contribution in [-0.4, -0.2) is 36.6 Å². The Morgan fingerprint density at radius 1 is 1.14 bits per heavy atom. The van der Waals surface area contributed by atoms with Gasteiger partial charge >= 0.3 is 5.97 Å². The molecule has 2 N–H and O–H groups in total. The highest BCUT2D eigenvalue weighted by Gasteiger charge is 2.14. The fourth-order valence-electron chi connectivity index (χ4n) is 1.83. The number of carboxylic acids is 1. The quantitative estimate of drug-likeness (QED) is 0.744. The number of carbonyl (C=O) groups is 2. The van der Waals surface area contributed by atoms with Gasteiger partial charge in [0.1, 0.15) is 0 Å². The summed E-state index contributed by atoms with van der Waals surface area (Å²) < 4.78 is 1.52. The molecule has 0 fully saturated rings. The molecule has 0 unspecified atom stereocenters. The van der Waals surface area contributed by atoms with Crippen LogP contribution in [0.2, 0.25) is 0 Å². The van der Waals surface area contributed by atoms with E-state index in [9.17, 15) is 9.59 Å². The fourth-order valence-corrected chi connectivity index (χ4v) is 1.83. The molecule has 0 aliphatic rings. The first kappa shape index (κ1) is 12.7. The van der Waals surface area contributed by atoms with E-state index in [0.717, 1.165) is 0 Å². The first-order chi connectivity index (χ1) is 10.1. The number of fused-ring (bicyclic) bond motifs is 1. The Balaban J connectivity index is 1.90. The molecule has 3 aromatic heterocycles. The topological polar surface area (TPSA) is 109 Å². The number of hydrogen-bond acceptors (Lipinski definition) is 5. The van der Waals surface area contributed by atoms with Crippen molar-refractivity contribution in [2.24, 2.45) is 0 Å². The molecule has 0 spiro atoms. The summed E-state index contributed by atoms with van der Waals surface area (Å²) in [4.78, 5) is 30.8. The summed E-state index contributed by atoms with van der Waals surface area (Å²) in [5, 5.41) is 15.5. The third kappa shape index (κ3) is 2.41. The lowest BCUT2D eigenvalue weighted by Gasteiger charge is -2.04. The van der Waals surface area contributed by atoms with Crippen LogP contribution in [0.25, 0.3) is 5.52 Å². The van der Waals surface area contributed by atoms with E-state index in [0.29, 0.717) is 16.8 Å². The van der Waals surface area contributed by atoms with Crippen molar-refractivity contribution in [3.8, 4) is 0 Å². The van der Waals surface area contributed by atoms with Crippen LogP contribution < -0.4 is 5.32 Å². The van der Waals surface area contributed by atoms with Gasteiger partial charge in [-0.05, 0) is 6.07 Å². The number of aromatic carboxylic acids is 1. The molecular weight excluding hydrogens is 274 g/mol. The second kappa shape index (κ2) is 5.00. The van der Waals surface area contributed by atoms with Gasteiger partial charge in [0.05, 0.1) is 40.9 Å². The van der Waals surface area contributed by atoms with E-state index < -0.39 is 11.9 Å². The van der Waals surface area contributed by atoms with Crippen LogP contribution >= 0.6 is 0 Å². The fraction of sp³-hybridized carbons (Fsp3) is 0. The molecule has 8 heteroatoms. The lowest BCUT2D eigenvalue weighted by Crippen LogP contribution is -2.12. The second-order valence-electron chi connectivity index (χ2n) is 4.19. The molecule has 0 saturated heterocycles. The van der Waals surface area contributed by atoms with E-state index in [1.165, 1.54) is 35.4 Å². The molecule has 0 bridgehead atoms. The Labute approximate surface area is 118 Å². The summed E-state index contributed by atoms with van der Waals surface area (Å²) in [5.41, 5.74) is 1.18. The lowest BCUT2D eigenvalue weighted by atomic mass is 10.2. The summed E-state index contributed by atoms with van der Waals surface area (Å²) in [6.07, 6.45) is 8.70. The van der Waals surface area contributed by atoms with Crippen molar-refractivity contribution in [3.63, 3.8) is 0 Å². The SMILES string of the molecule is O=C(O)c1cncc(NC(=O)c2cnn3ccncc23)c1. The van der Waals surface area contributed by atoms with Crippen molar-refractivity contribution in [1.82, 2.24) is 19.6 Å². The molecule has 21 heavy (non-hydrogen) atoms. The van der Waals surface area contributed by atoms with Crippen LogP contribution in [0.15, 0.2) is 43.2 Å². The maximum Gasteiger partial charge on any atom is 0.337 e. The van der Waals surface area contributed by atoms with E-state index in [-0.39, 0.29) is 5.56 Å². The third-order valence-corrected chi connectivity index (χ3v) is 2.81. The minimum absolute atomic E-state index is 0.00525. The molecule has 0 radical (unpaired) electrons. The third-order valence-electron chi connectivity index (χ3n) is 2.81. The van der Waals surface area contributed by atoms with Crippen molar-refractivity contribution < 1.29 is 14.7 Å². The number of aromatic nitrogens is 4. The molecule has 3 aromatic rings. The summed E-state index contributed by atoms with van der Waals surface area (Å²) in [5.74, 6) is -1.53. The number of carboxylic acid groups (broad SMARTS) is 1. The molecule has 8 nitrogen and oxygen atoms in total. The maximum atomic E-state index is 12.2. The highest BCUT2D eigenvalue weighted by molar-refractivity contribution is 6.08. The van der Waals surface area contributed by atoms with Gasteiger partial charge in [0.25, 0.3) is 5.91 Å². The van der Waals surface area contributed by atoms with Gasteiger partial charge in [0.15, 0.2) is 0 Å². The van der Waals surface area contributed by atoms with Crippen LogP contribution in [0.5, 0.6) is 0 Å². The number of amides is 1. The molecule has 0 saturated carbocycles. The molecule has 3 rings (SSSR count). The predicted octanol–water partition coefficient (Wildman–Crippen LogP) is 1.07. The Bertz CT molecular complexity index is 842. The van der Waals surface area contributed by atoms with Crippen molar-refractivity contribution >= 4 is 23.1 Å². The van der Waals surface area contributed by atoms with Crippen molar-refractivity contribution in [3.05, 3.63) is 54.4 Å². The number of rotatable bonds is 3. The number of anilines is 1.